The molecule has 0 spiro atoms. The quantitative estimate of drug-likeness (QED) is 0.887. The van der Waals surface area contributed by atoms with Crippen LogP contribution < -0.4 is 10.5 Å². The van der Waals surface area contributed by atoms with Crippen LogP contribution in [-0.2, 0) is 0 Å². The second-order valence-electron chi connectivity index (χ2n) is 4.49. The molecule has 1 atom stereocenters. The summed E-state index contributed by atoms with van der Waals surface area (Å²) < 4.78 is 19.8. The van der Waals surface area contributed by atoms with Crippen LogP contribution in [0.1, 0.15) is 24.1 Å². The molecule has 0 radical (unpaired) electrons. The van der Waals surface area contributed by atoms with E-state index in [4.69, 9.17) is 10.5 Å². The van der Waals surface area contributed by atoms with Gasteiger partial charge in [0.15, 0.2) is 0 Å². The van der Waals surface area contributed by atoms with Crippen molar-refractivity contribution >= 4 is 15.9 Å². The Hall–Kier alpha value is -1.39. The van der Waals surface area contributed by atoms with Crippen molar-refractivity contribution in [3.63, 3.8) is 0 Å². The summed E-state index contributed by atoms with van der Waals surface area (Å²) in [7, 11) is 0. The Morgan fingerprint density at radius 3 is 2.37 bits per heavy atom. The molecule has 0 bridgehead atoms. The molecule has 0 saturated carbocycles. The Bertz CT molecular complexity index is 599. The van der Waals surface area contributed by atoms with Gasteiger partial charge in [-0.3, -0.25) is 0 Å². The normalized spacial score (nSPS) is 12.3. The maximum Gasteiger partial charge on any atom is 0.128 e. The lowest BCUT2D eigenvalue weighted by Crippen LogP contribution is -2.05. The predicted octanol–water partition coefficient (Wildman–Crippen LogP) is 4.71. The lowest BCUT2D eigenvalue weighted by Gasteiger charge is -2.11. The molecule has 2 aromatic rings. The summed E-state index contributed by atoms with van der Waals surface area (Å²) in [6.45, 7) is 3.63. The molecule has 2 nitrogen and oxygen atoms in total. The second kappa shape index (κ2) is 5.72. The van der Waals surface area contributed by atoms with E-state index in [0.29, 0.717) is 17.1 Å². The van der Waals surface area contributed by atoms with E-state index >= 15 is 0 Å². The first-order valence-electron chi connectivity index (χ1n) is 5.96. The largest absolute Gasteiger partial charge is 0.457 e. The first-order valence-corrected chi connectivity index (χ1v) is 6.75. The number of halogens is 2. The molecule has 2 aromatic carbocycles. The van der Waals surface area contributed by atoms with E-state index in [1.165, 1.54) is 6.07 Å². The molecular weight excluding hydrogens is 309 g/mol. The number of hydrogen-bond acceptors (Lipinski definition) is 2. The van der Waals surface area contributed by atoms with Gasteiger partial charge in [0, 0.05) is 10.5 Å². The summed E-state index contributed by atoms with van der Waals surface area (Å²) in [5, 5.41) is 0. The lowest BCUT2D eigenvalue weighted by atomic mass is 10.1. The van der Waals surface area contributed by atoms with Crippen LogP contribution in [0, 0.1) is 12.7 Å². The third-order valence-corrected chi connectivity index (χ3v) is 3.51. The molecule has 0 aliphatic carbocycles. The maximum atomic E-state index is 13.2. The van der Waals surface area contributed by atoms with Crippen molar-refractivity contribution in [2.45, 2.75) is 19.9 Å². The van der Waals surface area contributed by atoms with Crippen LogP contribution in [0.3, 0.4) is 0 Å². The summed E-state index contributed by atoms with van der Waals surface area (Å²) in [5.41, 5.74) is 7.42. The van der Waals surface area contributed by atoms with E-state index in [0.717, 1.165) is 10.0 Å². The zero-order valence-corrected chi connectivity index (χ0v) is 12.4. The summed E-state index contributed by atoms with van der Waals surface area (Å²) >= 11 is 3.47. The van der Waals surface area contributed by atoms with Crippen molar-refractivity contribution in [2.24, 2.45) is 5.73 Å². The minimum absolute atomic E-state index is 0.0449. The Balaban J connectivity index is 2.24. The Morgan fingerprint density at radius 2 is 1.79 bits per heavy atom. The van der Waals surface area contributed by atoms with Gasteiger partial charge in [-0.2, -0.15) is 0 Å². The number of ether oxygens (including phenoxy) is 1. The number of hydrogen-bond donors (Lipinski definition) is 1. The fourth-order valence-corrected chi connectivity index (χ4v) is 2.48. The van der Waals surface area contributed by atoms with Crippen molar-refractivity contribution in [3.8, 4) is 11.5 Å². The molecule has 0 fully saturated rings. The molecule has 0 aliphatic heterocycles. The van der Waals surface area contributed by atoms with E-state index in [1.807, 2.05) is 25.1 Å². The van der Waals surface area contributed by atoms with Crippen LogP contribution in [0.25, 0.3) is 0 Å². The highest BCUT2D eigenvalue weighted by molar-refractivity contribution is 9.10. The van der Waals surface area contributed by atoms with Gasteiger partial charge in [-0.25, -0.2) is 4.39 Å². The van der Waals surface area contributed by atoms with Gasteiger partial charge in [0.1, 0.15) is 17.3 Å². The van der Waals surface area contributed by atoms with Gasteiger partial charge in [-0.05, 0) is 55.3 Å². The number of benzene rings is 2. The molecule has 4 heteroatoms. The van der Waals surface area contributed by atoms with Crippen molar-refractivity contribution in [3.05, 3.63) is 57.8 Å². The van der Waals surface area contributed by atoms with Crippen molar-refractivity contribution in [2.75, 3.05) is 0 Å². The number of aryl methyl sites for hydroxylation is 1. The van der Waals surface area contributed by atoms with Crippen molar-refractivity contribution in [1.29, 1.82) is 0 Å². The summed E-state index contributed by atoms with van der Waals surface area (Å²) in [4.78, 5) is 0. The molecule has 0 heterocycles. The minimum atomic E-state index is -0.235. The number of rotatable bonds is 3. The molecule has 100 valence electrons. The van der Waals surface area contributed by atoms with Gasteiger partial charge in [0.25, 0.3) is 0 Å². The smallest absolute Gasteiger partial charge is 0.128 e. The van der Waals surface area contributed by atoms with E-state index in [-0.39, 0.29) is 11.9 Å². The van der Waals surface area contributed by atoms with Crippen molar-refractivity contribution in [1.82, 2.24) is 0 Å². The van der Waals surface area contributed by atoms with Gasteiger partial charge in [0.05, 0.1) is 0 Å². The zero-order chi connectivity index (χ0) is 14.0. The average molecular weight is 324 g/mol. The summed E-state index contributed by atoms with van der Waals surface area (Å²) in [6, 6.07) is 10.3. The first kappa shape index (κ1) is 14.0. The fraction of sp³-hybridized carbons (Fsp3) is 0.200. The van der Waals surface area contributed by atoms with Crippen LogP contribution in [0.4, 0.5) is 4.39 Å². The summed E-state index contributed by atoms with van der Waals surface area (Å²) in [6.07, 6.45) is 0. The molecule has 2 rings (SSSR count). The Kier molecular flexibility index (Phi) is 4.22. The van der Waals surface area contributed by atoms with Crippen LogP contribution in [0.15, 0.2) is 40.9 Å². The molecule has 0 aromatic heterocycles. The van der Waals surface area contributed by atoms with Crippen LogP contribution >= 0.6 is 15.9 Å². The monoisotopic (exact) mass is 323 g/mol. The van der Waals surface area contributed by atoms with E-state index in [1.54, 1.807) is 19.1 Å². The highest BCUT2D eigenvalue weighted by Crippen LogP contribution is 2.30. The highest BCUT2D eigenvalue weighted by atomic mass is 79.9. The highest BCUT2D eigenvalue weighted by Gasteiger charge is 2.07. The molecule has 0 saturated heterocycles. The van der Waals surface area contributed by atoms with Gasteiger partial charge in [-0.1, -0.05) is 22.0 Å². The summed E-state index contributed by atoms with van der Waals surface area (Å²) in [5.74, 6) is 1.06. The zero-order valence-electron chi connectivity index (χ0n) is 10.8. The molecule has 19 heavy (non-hydrogen) atoms. The SMILES string of the molecule is Cc1cc(Oc2ccc(C(C)N)c(Br)c2)ccc1F. The molecular formula is C15H15BrFNO. The second-order valence-corrected chi connectivity index (χ2v) is 5.34. The average Bonchev–Trinajstić information content (AvgIpc) is 2.33. The standard InChI is InChI=1S/C15H15BrFNO/c1-9-7-11(4-6-15(9)17)19-12-3-5-13(10(2)18)14(16)8-12/h3-8,10H,18H2,1-2H3. The number of nitrogens with two attached hydrogens (primary N) is 1. The van der Waals surface area contributed by atoms with Crippen LogP contribution in [-0.4, -0.2) is 0 Å². The van der Waals surface area contributed by atoms with E-state index in [2.05, 4.69) is 15.9 Å². The third kappa shape index (κ3) is 3.33. The van der Waals surface area contributed by atoms with E-state index in [9.17, 15) is 4.39 Å². The van der Waals surface area contributed by atoms with Gasteiger partial charge >= 0.3 is 0 Å². The Morgan fingerprint density at radius 1 is 1.16 bits per heavy atom. The van der Waals surface area contributed by atoms with Crippen molar-refractivity contribution < 1.29 is 9.13 Å². The molecule has 0 amide bonds. The molecule has 1 unspecified atom stereocenters. The minimum Gasteiger partial charge on any atom is -0.457 e. The van der Waals surface area contributed by atoms with Crippen LogP contribution in [0.2, 0.25) is 0 Å². The van der Waals surface area contributed by atoms with Crippen LogP contribution in [0.5, 0.6) is 11.5 Å². The van der Waals surface area contributed by atoms with Gasteiger partial charge in [-0.15, -0.1) is 0 Å². The molecule has 2 N–H and O–H groups in total. The molecule has 0 aliphatic rings. The third-order valence-electron chi connectivity index (χ3n) is 2.83. The Labute approximate surface area is 120 Å². The maximum absolute atomic E-state index is 13.2. The topological polar surface area (TPSA) is 35.2 Å². The van der Waals surface area contributed by atoms with Gasteiger partial charge in [0.2, 0.25) is 0 Å². The fourth-order valence-electron chi connectivity index (χ4n) is 1.76. The predicted molar refractivity (Wildman–Crippen MR) is 78.0 cm³/mol. The first-order chi connectivity index (χ1) is 8.97. The van der Waals surface area contributed by atoms with Gasteiger partial charge < -0.3 is 10.5 Å². The lowest BCUT2D eigenvalue weighted by molar-refractivity contribution is 0.479. The van der Waals surface area contributed by atoms with E-state index < -0.39 is 0 Å².